The molecule has 0 fully saturated rings. The topological polar surface area (TPSA) is 71.1 Å². The minimum absolute atomic E-state index is 0.0141. The van der Waals surface area contributed by atoms with Crippen LogP contribution in [0.1, 0.15) is 34.1 Å². The van der Waals surface area contributed by atoms with Gasteiger partial charge in [-0.1, -0.05) is 6.58 Å². The van der Waals surface area contributed by atoms with Gasteiger partial charge in [-0.3, -0.25) is 4.79 Å². The molecule has 0 aliphatic rings. The molecule has 0 saturated carbocycles. The first-order valence-electron chi connectivity index (χ1n) is 6.22. The predicted molar refractivity (Wildman–Crippen MR) is 68.1 cm³/mol. The number of ether oxygens (including phenoxy) is 4. The number of carbonyl (C=O) groups is 2. The van der Waals surface area contributed by atoms with Crippen molar-refractivity contribution in [1.82, 2.24) is 0 Å². The fourth-order valence-corrected chi connectivity index (χ4v) is 1.24. The van der Waals surface area contributed by atoms with Gasteiger partial charge in [-0.15, -0.1) is 0 Å². The number of hydrogen-bond acceptors (Lipinski definition) is 6. The van der Waals surface area contributed by atoms with E-state index in [4.69, 9.17) is 18.9 Å². The van der Waals surface area contributed by atoms with E-state index in [1.807, 2.05) is 0 Å². The summed E-state index contributed by atoms with van der Waals surface area (Å²) in [5, 5.41) is 0. The van der Waals surface area contributed by atoms with E-state index in [1.54, 1.807) is 27.7 Å². The van der Waals surface area contributed by atoms with Gasteiger partial charge in [0.15, 0.2) is 12.6 Å². The standard InChI is InChI=1S/C13H22O6/c1-6-16-10(4)18-12(14)8-9(3)13(15)19-11(5)17-7-2/h10-11H,3,6-8H2,1-2,4-5H3. The van der Waals surface area contributed by atoms with Crippen LogP contribution in [-0.2, 0) is 28.5 Å². The third kappa shape index (κ3) is 8.34. The molecular weight excluding hydrogens is 252 g/mol. The van der Waals surface area contributed by atoms with Gasteiger partial charge in [-0.2, -0.15) is 0 Å². The van der Waals surface area contributed by atoms with Crippen LogP contribution in [0.25, 0.3) is 0 Å². The van der Waals surface area contributed by atoms with Crippen molar-refractivity contribution in [3.63, 3.8) is 0 Å². The van der Waals surface area contributed by atoms with Gasteiger partial charge in [0, 0.05) is 18.8 Å². The summed E-state index contributed by atoms with van der Waals surface area (Å²) in [4.78, 5) is 23.0. The highest BCUT2D eigenvalue weighted by atomic mass is 16.7. The molecule has 0 N–H and O–H groups in total. The van der Waals surface area contributed by atoms with E-state index in [1.165, 1.54) is 0 Å². The predicted octanol–water partition coefficient (Wildman–Crippen LogP) is 1.78. The molecule has 0 aromatic heterocycles. The van der Waals surface area contributed by atoms with Gasteiger partial charge in [-0.25, -0.2) is 4.79 Å². The van der Waals surface area contributed by atoms with E-state index < -0.39 is 24.5 Å². The summed E-state index contributed by atoms with van der Waals surface area (Å²) in [5.74, 6) is -1.27. The van der Waals surface area contributed by atoms with Crippen LogP contribution in [0.2, 0.25) is 0 Å². The van der Waals surface area contributed by atoms with Crippen molar-refractivity contribution in [2.45, 2.75) is 46.7 Å². The first-order valence-corrected chi connectivity index (χ1v) is 6.22. The molecule has 6 heteroatoms. The quantitative estimate of drug-likeness (QED) is 0.362. The molecule has 0 aromatic rings. The smallest absolute Gasteiger partial charge is 0.336 e. The number of rotatable bonds is 9. The number of carbonyl (C=O) groups excluding carboxylic acids is 2. The molecule has 2 unspecified atom stereocenters. The Bertz CT molecular complexity index is 312. The van der Waals surface area contributed by atoms with E-state index in [2.05, 4.69) is 6.58 Å². The maximum Gasteiger partial charge on any atom is 0.336 e. The van der Waals surface area contributed by atoms with Crippen molar-refractivity contribution in [3.8, 4) is 0 Å². The van der Waals surface area contributed by atoms with Gasteiger partial charge in [0.25, 0.3) is 0 Å². The van der Waals surface area contributed by atoms with Crippen LogP contribution in [0, 0.1) is 0 Å². The van der Waals surface area contributed by atoms with Crippen molar-refractivity contribution in [1.29, 1.82) is 0 Å². The van der Waals surface area contributed by atoms with Crippen molar-refractivity contribution in [3.05, 3.63) is 12.2 Å². The summed E-state index contributed by atoms with van der Waals surface area (Å²) in [6.07, 6.45) is -1.56. The highest BCUT2D eigenvalue weighted by Crippen LogP contribution is 2.07. The average molecular weight is 274 g/mol. The Balaban J connectivity index is 4.08. The second kappa shape index (κ2) is 9.52. The molecule has 0 amide bonds. The Morgan fingerprint density at radius 2 is 1.47 bits per heavy atom. The van der Waals surface area contributed by atoms with Gasteiger partial charge in [0.1, 0.15) is 0 Å². The van der Waals surface area contributed by atoms with Crippen molar-refractivity contribution in [2.75, 3.05) is 13.2 Å². The van der Waals surface area contributed by atoms with Gasteiger partial charge >= 0.3 is 11.9 Å². The fraction of sp³-hybridized carbons (Fsp3) is 0.692. The van der Waals surface area contributed by atoms with Crippen LogP contribution in [0.5, 0.6) is 0 Å². The Morgan fingerprint density at radius 3 is 1.95 bits per heavy atom. The maximum atomic E-state index is 11.5. The van der Waals surface area contributed by atoms with E-state index in [9.17, 15) is 9.59 Å². The fourth-order valence-electron chi connectivity index (χ4n) is 1.24. The molecule has 0 heterocycles. The normalized spacial score (nSPS) is 13.5. The molecule has 0 saturated heterocycles. The zero-order valence-electron chi connectivity index (χ0n) is 11.9. The molecular formula is C13H22O6. The van der Waals surface area contributed by atoms with Crippen molar-refractivity contribution in [2.24, 2.45) is 0 Å². The molecule has 6 nitrogen and oxygen atoms in total. The van der Waals surface area contributed by atoms with Crippen LogP contribution in [0.4, 0.5) is 0 Å². The van der Waals surface area contributed by atoms with Crippen LogP contribution in [-0.4, -0.2) is 37.7 Å². The monoisotopic (exact) mass is 274 g/mol. The van der Waals surface area contributed by atoms with E-state index in [0.29, 0.717) is 13.2 Å². The summed E-state index contributed by atoms with van der Waals surface area (Å²) >= 11 is 0. The summed E-state index contributed by atoms with van der Waals surface area (Å²) in [6, 6.07) is 0. The minimum Gasteiger partial charge on any atom is -0.436 e. The Labute approximate surface area is 113 Å². The maximum absolute atomic E-state index is 11.5. The Kier molecular flexibility index (Phi) is 8.82. The first-order chi connectivity index (χ1) is 8.90. The molecule has 110 valence electrons. The largest absolute Gasteiger partial charge is 0.436 e. The van der Waals surface area contributed by atoms with Crippen molar-refractivity contribution >= 4 is 11.9 Å². The van der Waals surface area contributed by atoms with Gasteiger partial charge in [-0.05, 0) is 27.7 Å². The zero-order chi connectivity index (χ0) is 14.8. The Morgan fingerprint density at radius 1 is 1.00 bits per heavy atom. The summed E-state index contributed by atoms with van der Waals surface area (Å²) in [7, 11) is 0. The van der Waals surface area contributed by atoms with Crippen LogP contribution in [0.3, 0.4) is 0 Å². The number of esters is 2. The van der Waals surface area contributed by atoms with E-state index >= 15 is 0 Å². The highest BCUT2D eigenvalue weighted by Gasteiger charge is 2.18. The summed E-state index contributed by atoms with van der Waals surface area (Å²) in [6.45, 7) is 11.1. The Hall–Kier alpha value is -1.40. The molecule has 0 aliphatic carbocycles. The van der Waals surface area contributed by atoms with E-state index in [0.717, 1.165) is 0 Å². The van der Waals surface area contributed by atoms with E-state index in [-0.39, 0.29) is 12.0 Å². The van der Waals surface area contributed by atoms with Gasteiger partial charge in [0.2, 0.25) is 0 Å². The lowest BCUT2D eigenvalue weighted by Gasteiger charge is -2.15. The molecule has 0 aromatic carbocycles. The van der Waals surface area contributed by atoms with Gasteiger partial charge in [0.05, 0.1) is 6.42 Å². The highest BCUT2D eigenvalue weighted by molar-refractivity contribution is 5.93. The SMILES string of the molecule is C=C(CC(=O)OC(C)OCC)C(=O)OC(C)OCC. The van der Waals surface area contributed by atoms with Crippen LogP contribution in [0.15, 0.2) is 12.2 Å². The van der Waals surface area contributed by atoms with Gasteiger partial charge < -0.3 is 18.9 Å². The summed E-state index contributed by atoms with van der Waals surface area (Å²) < 4.78 is 19.9. The third-order valence-corrected chi connectivity index (χ3v) is 2.02. The summed E-state index contributed by atoms with van der Waals surface area (Å²) in [5.41, 5.74) is 0.0141. The molecule has 19 heavy (non-hydrogen) atoms. The van der Waals surface area contributed by atoms with Crippen LogP contribution >= 0.6 is 0 Å². The molecule has 0 bridgehead atoms. The van der Waals surface area contributed by atoms with Crippen molar-refractivity contribution < 1.29 is 28.5 Å². The molecule has 0 rings (SSSR count). The first kappa shape index (κ1) is 17.6. The lowest BCUT2D eigenvalue weighted by molar-refractivity contribution is -0.176. The number of hydrogen-bond donors (Lipinski definition) is 0. The molecule has 2 atom stereocenters. The molecule has 0 aliphatic heterocycles. The average Bonchev–Trinajstić information content (AvgIpc) is 2.28. The lowest BCUT2D eigenvalue weighted by atomic mass is 10.2. The molecule has 0 spiro atoms. The molecule has 0 radical (unpaired) electrons. The third-order valence-electron chi connectivity index (χ3n) is 2.02. The zero-order valence-corrected chi connectivity index (χ0v) is 11.9. The minimum atomic E-state index is -0.679. The lowest BCUT2D eigenvalue weighted by Crippen LogP contribution is -2.22. The second-order valence-corrected chi connectivity index (χ2v) is 3.72. The second-order valence-electron chi connectivity index (χ2n) is 3.72. The van der Waals surface area contributed by atoms with Crippen LogP contribution < -0.4 is 0 Å².